The van der Waals surface area contributed by atoms with E-state index in [1.807, 2.05) is 0 Å². The molecule has 2 rings (SSSR count). The number of benzene rings is 2. The van der Waals surface area contributed by atoms with Crippen LogP contribution in [0.3, 0.4) is 0 Å². The summed E-state index contributed by atoms with van der Waals surface area (Å²) >= 11 is 17.8. The minimum absolute atomic E-state index is 0.0613. The highest BCUT2D eigenvalue weighted by molar-refractivity contribution is 7.93. The zero-order valence-corrected chi connectivity index (χ0v) is 18.2. The molecule has 0 saturated carbocycles. The summed E-state index contributed by atoms with van der Waals surface area (Å²) in [4.78, 5) is 0. The van der Waals surface area contributed by atoms with Crippen LogP contribution in [0.4, 0.5) is 18.9 Å². The van der Waals surface area contributed by atoms with Gasteiger partial charge in [0, 0.05) is 16.1 Å². The molecule has 0 heterocycles. The zero-order chi connectivity index (χ0) is 22.0. The molecular formula is C18H15Cl3F3NO3S. The van der Waals surface area contributed by atoms with E-state index in [2.05, 4.69) is 0 Å². The molecule has 0 aromatic heterocycles. The van der Waals surface area contributed by atoms with Crippen LogP contribution in [0.5, 0.6) is 11.5 Å². The zero-order valence-electron chi connectivity index (χ0n) is 15.1. The van der Waals surface area contributed by atoms with Crippen molar-refractivity contribution in [3.05, 3.63) is 63.1 Å². The fourth-order valence-corrected chi connectivity index (χ4v) is 3.71. The Morgan fingerprint density at radius 2 is 1.62 bits per heavy atom. The largest absolute Gasteiger partial charge is 0.516 e. The predicted octanol–water partition coefficient (Wildman–Crippen LogP) is 7.06. The number of rotatable bonds is 6. The Morgan fingerprint density at radius 1 is 1.03 bits per heavy atom. The van der Waals surface area contributed by atoms with Gasteiger partial charge in [0.2, 0.25) is 0 Å². The van der Waals surface area contributed by atoms with Crippen LogP contribution < -0.4 is 9.04 Å². The molecule has 0 spiro atoms. The van der Waals surface area contributed by atoms with E-state index in [0.717, 1.165) is 6.07 Å². The van der Waals surface area contributed by atoms with E-state index in [4.69, 9.17) is 39.5 Å². The van der Waals surface area contributed by atoms with Gasteiger partial charge in [-0.1, -0.05) is 46.5 Å². The van der Waals surface area contributed by atoms with E-state index in [-0.39, 0.29) is 31.5 Å². The molecule has 4 nitrogen and oxygen atoms in total. The lowest BCUT2D eigenvalue weighted by Crippen LogP contribution is -2.41. The van der Waals surface area contributed by atoms with E-state index >= 15 is 0 Å². The molecular weight excluding hydrogens is 474 g/mol. The van der Waals surface area contributed by atoms with Crippen molar-refractivity contribution in [1.29, 1.82) is 0 Å². The Hall–Kier alpha value is -1.61. The van der Waals surface area contributed by atoms with E-state index in [1.165, 1.54) is 36.4 Å². The Bertz CT molecular complexity index is 1040. The van der Waals surface area contributed by atoms with Gasteiger partial charge in [0.25, 0.3) is 0 Å². The molecule has 2 aromatic rings. The third-order valence-corrected chi connectivity index (χ3v) is 5.83. The summed E-state index contributed by atoms with van der Waals surface area (Å²) in [5.74, 6) is -0.164. The van der Waals surface area contributed by atoms with Gasteiger partial charge in [-0.3, -0.25) is 4.31 Å². The molecule has 29 heavy (non-hydrogen) atoms. The molecule has 0 aliphatic rings. The van der Waals surface area contributed by atoms with Crippen LogP contribution >= 0.6 is 34.8 Å². The van der Waals surface area contributed by atoms with Gasteiger partial charge in [0.1, 0.15) is 5.75 Å². The van der Waals surface area contributed by atoms with Gasteiger partial charge < -0.3 is 4.74 Å². The van der Waals surface area contributed by atoms with Crippen LogP contribution in [0, 0.1) is 0 Å². The molecule has 158 valence electrons. The summed E-state index contributed by atoms with van der Waals surface area (Å²) in [5, 5.41) is 0.525. The molecule has 11 heteroatoms. The fraction of sp³-hybridized carbons (Fsp3) is 0.222. The summed E-state index contributed by atoms with van der Waals surface area (Å²) in [6, 6.07) is 7.81. The van der Waals surface area contributed by atoms with Gasteiger partial charge in [0.15, 0.2) is 5.75 Å². The molecule has 2 aromatic carbocycles. The Kier molecular flexibility index (Phi) is 7.37. The van der Waals surface area contributed by atoms with Crippen LogP contribution in [0.2, 0.25) is 15.1 Å². The Balaban J connectivity index is 2.63. The first kappa shape index (κ1) is 23.7. The molecule has 0 unspecified atom stereocenters. The minimum atomic E-state index is -5.72. The van der Waals surface area contributed by atoms with Gasteiger partial charge in [-0.05, 0) is 44.2 Å². The van der Waals surface area contributed by atoms with Crippen molar-refractivity contribution in [2.45, 2.75) is 19.4 Å². The van der Waals surface area contributed by atoms with Gasteiger partial charge in [0.05, 0.1) is 17.3 Å². The molecule has 0 N–H and O–H groups in total. The fourth-order valence-electron chi connectivity index (χ4n) is 2.17. The molecule has 0 aliphatic carbocycles. The van der Waals surface area contributed by atoms with Gasteiger partial charge >= 0.3 is 15.5 Å². The summed E-state index contributed by atoms with van der Waals surface area (Å²) in [6.07, 6.45) is 1.34. The molecule has 0 fully saturated rings. The van der Waals surface area contributed by atoms with Crippen molar-refractivity contribution in [1.82, 2.24) is 0 Å². The van der Waals surface area contributed by atoms with Gasteiger partial charge in [-0.2, -0.15) is 21.6 Å². The number of nitrogens with zero attached hydrogens (tertiary/aromatic N) is 1. The number of hydrogen-bond donors (Lipinski definition) is 0. The SMILES string of the molecule is CC(C)=CCN(c1ccc(Cl)cc1Oc1ccc(Cl)cc1Cl)S(=O)(=O)C(F)(F)F. The maximum atomic E-state index is 13.3. The number of sulfonamides is 1. The van der Waals surface area contributed by atoms with Crippen LogP contribution in [0.15, 0.2) is 48.0 Å². The third kappa shape index (κ3) is 5.72. The molecule has 0 radical (unpaired) electrons. The Labute approximate surface area is 181 Å². The lowest BCUT2D eigenvalue weighted by atomic mass is 10.2. The van der Waals surface area contributed by atoms with Gasteiger partial charge in [-0.25, -0.2) is 0 Å². The molecule has 0 saturated heterocycles. The predicted molar refractivity (Wildman–Crippen MR) is 110 cm³/mol. The highest BCUT2D eigenvalue weighted by Gasteiger charge is 2.50. The van der Waals surface area contributed by atoms with Crippen LogP contribution in [0.25, 0.3) is 0 Å². The van der Waals surface area contributed by atoms with Crippen molar-refractivity contribution in [2.75, 3.05) is 10.8 Å². The molecule has 0 atom stereocenters. The van der Waals surface area contributed by atoms with Crippen LogP contribution in [-0.2, 0) is 10.0 Å². The second-order valence-corrected chi connectivity index (χ2v) is 9.19. The summed E-state index contributed by atoms with van der Waals surface area (Å²) in [5.41, 5.74) is -5.24. The second kappa shape index (κ2) is 9.04. The van der Waals surface area contributed by atoms with Crippen molar-refractivity contribution < 1.29 is 26.3 Å². The smallest absolute Gasteiger partial charge is 0.454 e. The first-order valence-corrected chi connectivity index (χ1v) is 10.5. The van der Waals surface area contributed by atoms with Crippen LogP contribution in [0.1, 0.15) is 13.8 Å². The number of allylic oxidation sites excluding steroid dienone is 1. The van der Waals surface area contributed by atoms with E-state index in [0.29, 0.717) is 10.6 Å². The lowest BCUT2D eigenvalue weighted by Gasteiger charge is -2.26. The average Bonchev–Trinajstić information content (AvgIpc) is 2.57. The monoisotopic (exact) mass is 487 g/mol. The Morgan fingerprint density at radius 3 is 2.17 bits per heavy atom. The van der Waals surface area contributed by atoms with E-state index in [9.17, 15) is 21.6 Å². The summed E-state index contributed by atoms with van der Waals surface area (Å²) in [6.45, 7) is 2.70. The quantitative estimate of drug-likeness (QED) is 0.409. The number of alkyl halides is 3. The first-order chi connectivity index (χ1) is 13.3. The molecule has 0 amide bonds. The van der Waals surface area contributed by atoms with Crippen molar-refractivity contribution in [3.8, 4) is 11.5 Å². The van der Waals surface area contributed by atoms with E-state index in [1.54, 1.807) is 13.8 Å². The summed E-state index contributed by atoms with van der Waals surface area (Å²) < 4.78 is 70.1. The van der Waals surface area contributed by atoms with Crippen molar-refractivity contribution in [2.24, 2.45) is 0 Å². The maximum absolute atomic E-state index is 13.3. The third-order valence-electron chi connectivity index (χ3n) is 3.55. The summed E-state index contributed by atoms with van der Waals surface area (Å²) in [7, 11) is -5.72. The van der Waals surface area contributed by atoms with Crippen molar-refractivity contribution >= 4 is 50.5 Å². The standard InChI is InChI=1S/C18H15Cl3F3NO3S/c1-11(2)7-8-25(29(26,27)18(22,23)24)15-5-3-13(20)10-17(15)28-16-6-4-12(19)9-14(16)21/h3-7,9-10H,8H2,1-2H3. The highest BCUT2D eigenvalue weighted by atomic mass is 35.5. The van der Waals surface area contributed by atoms with Crippen molar-refractivity contribution in [3.63, 3.8) is 0 Å². The second-order valence-electron chi connectivity index (χ2n) is 6.05. The maximum Gasteiger partial charge on any atom is 0.516 e. The number of hydrogen-bond acceptors (Lipinski definition) is 3. The number of anilines is 1. The lowest BCUT2D eigenvalue weighted by molar-refractivity contribution is -0.0437. The van der Waals surface area contributed by atoms with Gasteiger partial charge in [-0.15, -0.1) is 0 Å². The van der Waals surface area contributed by atoms with Crippen LogP contribution in [-0.4, -0.2) is 20.5 Å². The minimum Gasteiger partial charge on any atom is -0.454 e. The first-order valence-electron chi connectivity index (χ1n) is 7.97. The number of halogens is 6. The average molecular weight is 489 g/mol. The topological polar surface area (TPSA) is 46.6 Å². The molecule has 0 bridgehead atoms. The number of ether oxygens (including phenoxy) is 1. The molecule has 0 aliphatic heterocycles. The normalized spacial score (nSPS) is 11.9. The highest BCUT2D eigenvalue weighted by Crippen LogP contribution is 2.41. The van der Waals surface area contributed by atoms with E-state index < -0.39 is 22.1 Å².